The normalized spacial score (nSPS) is 24.1. The van der Waals surface area contributed by atoms with Gasteiger partial charge in [-0.2, -0.15) is 0 Å². The Morgan fingerprint density at radius 3 is 2.62 bits per heavy atom. The van der Waals surface area contributed by atoms with E-state index in [1.54, 1.807) is 0 Å². The average molecular weight is 214 g/mol. The molecule has 84 valence electrons. The number of rotatable bonds is 3. The number of ether oxygens (including phenoxy) is 1. The Balaban J connectivity index is 2.10. The Bertz CT molecular complexity index is 388. The quantitative estimate of drug-likeness (QED) is 0.685. The molecule has 0 spiro atoms. The molecule has 0 fully saturated rings. The molecule has 1 nitrogen and oxygen atoms in total. The summed E-state index contributed by atoms with van der Waals surface area (Å²) in [5.74, 6) is 0.930. The van der Waals surface area contributed by atoms with Crippen LogP contribution in [0.25, 0.3) is 6.08 Å². The van der Waals surface area contributed by atoms with E-state index in [9.17, 15) is 0 Å². The molecule has 1 aliphatic carbocycles. The van der Waals surface area contributed by atoms with Gasteiger partial charge in [-0.05, 0) is 50.0 Å². The van der Waals surface area contributed by atoms with Gasteiger partial charge in [0.15, 0.2) is 0 Å². The summed E-state index contributed by atoms with van der Waals surface area (Å²) in [6, 6.07) is 8.06. The SMILES string of the molecule is C=Cc1ccc(OC2(C)C=CCCC2)cc1. The number of hydrogen-bond acceptors (Lipinski definition) is 1. The monoisotopic (exact) mass is 214 g/mol. The van der Waals surface area contributed by atoms with Crippen molar-refractivity contribution in [3.8, 4) is 5.75 Å². The molecule has 0 N–H and O–H groups in total. The molecule has 0 bridgehead atoms. The van der Waals surface area contributed by atoms with Gasteiger partial charge in [0.25, 0.3) is 0 Å². The van der Waals surface area contributed by atoms with Crippen LogP contribution in [0.3, 0.4) is 0 Å². The lowest BCUT2D eigenvalue weighted by atomic mass is 9.93. The Hall–Kier alpha value is -1.50. The standard InChI is InChI=1S/C15H18O/c1-3-13-7-9-14(10-8-13)16-15(2)11-5-4-6-12-15/h3,5,7-11H,1,4,6,12H2,2H3. The molecular formula is C15H18O. The van der Waals surface area contributed by atoms with Gasteiger partial charge in [-0.3, -0.25) is 0 Å². The number of allylic oxidation sites excluding steroid dienone is 1. The average Bonchev–Trinajstić information content (AvgIpc) is 2.30. The van der Waals surface area contributed by atoms with Crippen LogP contribution < -0.4 is 4.74 Å². The van der Waals surface area contributed by atoms with E-state index in [4.69, 9.17) is 4.74 Å². The summed E-state index contributed by atoms with van der Waals surface area (Å²) in [5.41, 5.74) is 0.991. The molecule has 0 heterocycles. The molecule has 1 aliphatic rings. The molecule has 2 rings (SSSR count). The van der Waals surface area contributed by atoms with Crippen molar-refractivity contribution in [3.63, 3.8) is 0 Å². The van der Waals surface area contributed by atoms with E-state index in [0.29, 0.717) is 0 Å². The second-order valence-corrected chi connectivity index (χ2v) is 4.48. The lowest BCUT2D eigenvalue weighted by Gasteiger charge is -2.30. The van der Waals surface area contributed by atoms with Crippen LogP contribution >= 0.6 is 0 Å². The van der Waals surface area contributed by atoms with E-state index in [-0.39, 0.29) is 5.60 Å². The topological polar surface area (TPSA) is 9.23 Å². The summed E-state index contributed by atoms with van der Waals surface area (Å²) in [6.45, 7) is 5.88. The second-order valence-electron chi connectivity index (χ2n) is 4.48. The maximum atomic E-state index is 6.02. The predicted octanol–water partition coefficient (Wildman–Crippen LogP) is 4.21. The highest BCUT2D eigenvalue weighted by atomic mass is 16.5. The van der Waals surface area contributed by atoms with Gasteiger partial charge >= 0.3 is 0 Å². The summed E-state index contributed by atoms with van der Waals surface area (Å²) < 4.78 is 6.02. The molecule has 0 aliphatic heterocycles. The smallest absolute Gasteiger partial charge is 0.124 e. The molecule has 0 saturated heterocycles. The van der Waals surface area contributed by atoms with Gasteiger partial charge in [0.05, 0.1) is 0 Å². The molecule has 1 unspecified atom stereocenters. The summed E-state index contributed by atoms with van der Waals surface area (Å²) in [7, 11) is 0. The highest BCUT2D eigenvalue weighted by Crippen LogP contribution is 2.28. The third-order valence-electron chi connectivity index (χ3n) is 2.98. The van der Waals surface area contributed by atoms with Gasteiger partial charge in [0.2, 0.25) is 0 Å². The van der Waals surface area contributed by atoms with Crippen LogP contribution in [0.1, 0.15) is 31.7 Å². The van der Waals surface area contributed by atoms with E-state index < -0.39 is 0 Å². The van der Waals surface area contributed by atoms with Crippen molar-refractivity contribution >= 4 is 6.08 Å². The fourth-order valence-corrected chi connectivity index (χ4v) is 2.01. The lowest BCUT2D eigenvalue weighted by molar-refractivity contribution is 0.123. The second kappa shape index (κ2) is 4.56. The fraction of sp³-hybridized carbons (Fsp3) is 0.333. The summed E-state index contributed by atoms with van der Waals surface area (Å²) >= 11 is 0. The van der Waals surface area contributed by atoms with Crippen molar-refractivity contribution in [2.45, 2.75) is 31.8 Å². The molecular weight excluding hydrogens is 196 g/mol. The van der Waals surface area contributed by atoms with Crippen LogP contribution in [-0.4, -0.2) is 5.60 Å². The van der Waals surface area contributed by atoms with Gasteiger partial charge in [-0.25, -0.2) is 0 Å². The minimum Gasteiger partial charge on any atom is -0.484 e. The zero-order valence-corrected chi connectivity index (χ0v) is 9.78. The number of hydrogen-bond donors (Lipinski definition) is 0. The minimum atomic E-state index is -0.131. The van der Waals surface area contributed by atoms with Crippen LogP contribution in [0.15, 0.2) is 43.0 Å². The van der Waals surface area contributed by atoms with Crippen molar-refractivity contribution in [3.05, 3.63) is 48.6 Å². The van der Waals surface area contributed by atoms with Gasteiger partial charge in [0, 0.05) is 0 Å². The van der Waals surface area contributed by atoms with Crippen LogP contribution in [-0.2, 0) is 0 Å². The predicted molar refractivity (Wildman–Crippen MR) is 68.6 cm³/mol. The fourth-order valence-electron chi connectivity index (χ4n) is 2.01. The highest BCUT2D eigenvalue weighted by Gasteiger charge is 2.24. The van der Waals surface area contributed by atoms with Gasteiger partial charge in [-0.1, -0.05) is 30.9 Å². The van der Waals surface area contributed by atoms with E-state index in [1.165, 1.54) is 12.8 Å². The first-order valence-electron chi connectivity index (χ1n) is 5.81. The van der Waals surface area contributed by atoms with E-state index in [0.717, 1.165) is 17.7 Å². The molecule has 1 heteroatoms. The summed E-state index contributed by atoms with van der Waals surface area (Å²) in [4.78, 5) is 0. The Morgan fingerprint density at radius 2 is 2.06 bits per heavy atom. The van der Waals surface area contributed by atoms with Crippen molar-refractivity contribution in [2.24, 2.45) is 0 Å². The highest BCUT2D eigenvalue weighted by molar-refractivity contribution is 5.48. The first-order chi connectivity index (χ1) is 7.72. The molecule has 16 heavy (non-hydrogen) atoms. The van der Waals surface area contributed by atoms with Crippen LogP contribution in [0.2, 0.25) is 0 Å². The van der Waals surface area contributed by atoms with Crippen molar-refractivity contribution < 1.29 is 4.74 Å². The van der Waals surface area contributed by atoms with Gasteiger partial charge < -0.3 is 4.74 Å². The molecule has 0 aromatic heterocycles. The summed E-state index contributed by atoms with van der Waals surface area (Å²) in [6.07, 6.45) is 9.70. The third-order valence-corrected chi connectivity index (χ3v) is 2.98. The third kappa shape index (κ3) is 2.54. The van der Waals surface area contributed by atoms with Crippen LogP contribution in [0, 0.1) is 0 Å². The van der Waals surface area contributed by atoms with Crippen LogP contribution in [0.4, 0.5) is 0 Å². The molecule has 0 radical (unpaired) electrons. The van der Waals surface area contributed by atoms with E-state index in [2.05, 4.69) is 25.7 Å². The Kier molecular flexibility index (Phi) is 3.14. The van der Waals surface area contributed by atoms with E-state index >= 15 is 0 Å². The van der Waals surface area contributed by atoms with Gasteiger partial charge in [-0.15, -0.1) is 0 Å². The Labute approximate surface area is 97.4 Å². The lowest BCUT2D eigenvalue weighted by Crippen LogP contribution is -2.31. The van der Waals surface area contributed by atoms with Crippen molar-refractivity contribution in [2.75, 3.05) is 0 Å². The first-order valence-corrected chi connectivity index (χ1v) is 5.81. The van der Waals surface area contributed by atoms with Gasteiger partial charge in [0.1, 0.15) is 11.4 Å². The molecule has 0 amide bonds. The molecule has 1 atom stereocenters. The largest absolute Gasteiger partial charge is 0.484 e. The summed E-state index contributed by atoms with van der Waals surface area (Å²) in [5, 5.41) is 0. The first kappa shape index (κ1) is 11.0. The molecule has 1 aromatic carbocycles. The molecule has 0 saturated carbocycles. The zero-order valence-electron chi connectivity index (χ0n) is 9.78. The zero-order chi connectivity index (χ0) is 11.4. The maximum absolute atomic E-state index is 6.02. The van der Waals surface area contributed by atoms with Crippen LogP contribution in [0.5, 0.6) is 5.75 Å². The molecule has 1 aromatic rings. The minimum absolute atomic E-state index is 0.131. The maximum Gasteiger partial charge on any atom is 0.124 e. The number of benzene rings is 1. The van der Waals surface area contributed by atoms with E-state index in [1.807, 2.05) is 30.3 Å². The van der Waals surface area contributed by atoms with Crippen molar-refractivity contribution in [1.82, 2.24) is 0 Å². The Morgan fingerprint density at radius 1 is 1.31 bits per heavy atom. The van der Waals surface area contributed by atoms with Crippen molar-refractivity contribution in [1.29, 1.82) is 0 Å².